The van der Waals surface area contributed by atoms with Crippen molar-refractivity contribution in [1.82, 2.24) is 4.90 Å². The minimum absolute atomic E-state index is 0.672. The van der Waals surface area contributed by atoms with Crippen molar-refractivity contribution in [3.8, 4) is 0 Å². The minimum atomic E-state index is -0.783. The highest BCUT2D eigenvalue weighted by molar-refractivity contribution is 9.10. The van der Waals surface area contributed by atoms with E-state index in [0.29, 0.717) is 5.76 Å². The van der Waals surface area contributed by atoms with E-state index >= 15 is 0 Å². The van der Waals surface area contributed by atoms with Crippen LogP contribution in [0.4, 0.5) is 0 Å². The van der Waals surface area contributed by atoms with Crippen LogP contribution in [0.2, 0.25) is 0 Å². The molecular formula is C10H14BrNO2. The molecule has 78 valence electrons. The summed E-state index contributed by atoms with van der Waals surface area (Å²) in [5.74, 6) is 0.672. The van der Waals surface area contributed by atoms with E-state index in [4.69, 9.17) is 4.42 Å². The lowest BCUT2D eigenvalue weighted by Crippen LogP contribution is -2.40. The topological polar surface area (TPSA) is 36.6 Å². The minimum Gasteiger partial charge on any atom is -0.465 e. The zero-order valence-electron chi connectivity index (χ0n) is 8.16. The number of hydrogen-bond acceptors (Lipinski definition) is 3. The van der Waals surface area contributed by atoms with Crippen LogP contribution in [0, 0.1) is 0 Å². The highest BCUT2D eigenvalue weighted by Gasteiger charge is 2.37. The van der Waals surface area contributed by atoms with Crippen LogP contribution >= 0.6 is 15.9 Å². The smallest absolute Gasteiger partial charge is 0.149 e. The average Bonchev–Trinajstić information content (AvgIpc) is 2.58. The van der Waals surface area contributed by atoms with E-state index in [0.717, 1.165) is 30.4 Å². The summed E-state index contributed by atoms with van der Waals surface area (Å²) in [7, 11) is 2.07. The summed E-state index contributed by atoms with van der Waals surface area (Å²) < 4.78 is 6.19. The summed E-state index contributed by atoms with van der Waals surface area (Å²) in [5, 5.41) is 10.4. The van der Waals surface area contributed by atoms with Gasteiger partial charge in [0.15, 0.2) is 0 Å². The summed E-state index contributed by atoms with van der Waals surface area (Å²) in [6.07, 6.45) is 3.07. The standard InChI is InChI=1S/C10H14BrNO2/c1-12-5-3-10(13,4-6-12)9-8(11)2-7-14-9/h2,7,13H,3-6H2,1H3. The molecule has 2 heterocycles. The summed E-state index contributed by atoms with van der Waals surface area (Å²) in [6, 6.07) is 1.83. The van der Waals surface area contributed by atoms with Crippen LogP contribution in [0.3, 0.4) is 0 Å². The van der Waals surface area contributed by atoms with Gasteiger partial charge in [0, 0.05) is 13.1 Å². The summed E-state index contributed by atoms with van der Waals surface area (Å²) in [6.45, 7) is 1.81. The highest BCUT2D eigenvalue weighted by atomic mass is 79.9. The molecule has 0 aliphatic carbocycles. The fourth-order valence-corrected chi connectivity index (χ4v) is 2.41. The molecule has 1 aliphatic heterocycles. The van der Waals surface area contributed by atoms with E-state index < -0.39 is 5.60 Å². The Balaban J connectivity index is 2.21. The Hall–Kier alpha value is -0.320. The van der Waals surface area contributed by atoms with E-state index in [1.807, 2.05) is 6.07 Å². The van der Waals surface area contributed by atoms with Crippen LogP contribution in [0.15, 0.2) is 21.2 Å². The molecule has 0 unspecified atom stereocenters. The quantitative estimate of drug-likeness (QED) is 0.838. The second-order valence-electron chi connectivity index (χ2n) is 3.93. The fourth-order valence-electron chi connectivity index (χ4n) is 1.84. The van der Waals surface area contributed by atoms with Crippen molar-refractivity contribution in [2.45, 2.75) is 18.4 Å². The summed E-state index contributed by atoms with van der Waals surface area (Å²) in [5.41, 5.74) is -0.783. The van der Waals surface area contributed by atoms with Crippen LogP contribution < -0.4 is 0 Å². The predicted molar refractivity (Wildman–Crippen MR) is 57.0 cm³/mol. The summed E-state index contributed by atoms with van der Waals surface area (Å²) in [4.78, 5) is 2.21. The first kappa shape index (κ1) is 10.2. The van der Waals surface area contributed by atoms with Crippen molar-refractivity contribution in [2.24, 2.45) is 0 Å². The van der Waals surface area contributed by atoms with Crippen molar-refractivity contribution >= 4 is 15.9 Å². The van der Waals surface area contributed by atoms with Gasteiger partial charge in [-0.3, -0.25) is 0 Å². The molecule has 1 N–H and O–H groups in total. The maximum absolute atomic E-state index is 10.4. The second kappa shape index (κ2) is 3.68. The summed E-state index contributed by atoms with van der Waals surface area (Å²) >= 11 is 3.38. The van der Waals surface area contributed by atoms with Gasteiger partial charge in [-0.05, 0) is 41.9 Å². The normalized spacial score (nSPS) is 22.5. The zero-order chi connectivity index (χ0) is 10.2. The third-order valence-corrected chi connectivity index (χ3v) is 3.48. The number of nitrogens with zero attached hydrogens (tertiary/aromatic N) is 1. The Morgan fingerprint density at radius 2 is 2.14 bits per heavy atom. The molecule has 0 radical (unpaired) electrons. The van der Waals surface area contributed by atoms with Gasteiger partial charge >= 0.3 is 0 Å². The largest absolute Gasteiger partial charge is 0.465 e. The monoisotopic (exact) mass is 259 g/mol. The van der Waals surface area contributed by atoms with E-state index in [9.17, 15) is 5.11 Å². The van der Waals surface area contributed by atoms with Gasteiger partial charge in [0.25, 0.3) is 0 Å². The zero-order valence-corrected chi connectivity index (χ0v) is 9.75. The van der Waals surface area contributed by atoms with Gasteiger partial charge in [0.05, 0.1) is 10.7 Å². The molecule has 0 bridgehead atoms. The number of piperidine rings is 1. The lowest BCUT2D eigenvalue weighted by atomic mass is 9.89. The molecule has 1 saturated heterocycles. The van der Waals surface area contributed by atoms with Gasteiger partial charge in [-0.2, -0.15) is 0 Å². The van der Waals surface area contributed by atoms with Crippen molar-refractivity contribution in [2.75, 3.05) is 20.1 Å². The maximum Gasteiger partial charge on any atom is 0.149 e. The first-order valence-electron chi connectivity index (χ1n) is 4.76. The van der Waals surface area contributed by atoms with Crippen LogP contribution in [-0.2, 0) is 5.60 Å². The molecule has 0 atom stereocenters. The molecule has 14 heavy (non-hydrogen) atoms. The fraction of sp³-hybridized carbons (Fsp3) is 0.600. The van der Waals surface area contributed by atoms with E-state index in [-0.39, 0.29) is 0 Å². The van der Waals surface area contributed by atoms with Gasteiger partial charge in [-0.15, -0.1) is 0 Å². The Bertz CT molecular complexity index is 316. The highest BCUT2D eigenvalue weighted by Crippen LogP contribution is 2.37. The number of aliphatic hydroxyl groups is 1. The molecule has 0 amide bonds. The van der Waals surface area contributed by atoms with Gasteiger partial charge < -0.3 is 14.4 Å². The Kier molecular flexibility index (Phi) is 2.68. The molecule has 1 fully saturated rings. The van der Waals surface area contributed by atoms with Crippen molar-refractivity contribution in [3.63, 3.8) is 0 Å². The molecule has 2 rings (SSSR count). The molecular weight excluding hydrogens is 246 g/mol. The van der Waals surface area contributed by atoms with Crippen LogP contribution in [0.5, 0.6) is 0 Å². The number of furan rings is 1. The lowest BCUT2D eigenvalue weighted by molar-refractivity contribution is -0.0378. The second-order valence-corrected chi connectivity index (χ2v) is 4.79. The SMILES string of the molecule is CN1CCC(O)(c2occc2Br)CC1. The van der Waals surface area contributed by atoms with Crippen LogP contribution in [0.25, 0.3) is 0 Å². The lowest BCUT2D eigenvalue weighted by Gasteiger charge is -2.35. The predicted octanol–water partition coefficient (Wildman–Crippen LogP) is 1.96. The van der Waals surface area contributed by atoms with Crippen molar-refractivity contribution < 1.29 is 9.52 Å². The molecule has 4 heteroatoms. The molecule has 0 saturated carbocycles. The van der Waals surface area contributed by atoms with E-state index in [2.05, 4.69) is 27.9 Å². The Labute approximate surface area is 91.8 Å². The maximum atomic E-state index is 10.4. The van der Waals surface area contributed by atoms with Gasteiger partial charge in [-0.25, -0.2) is 0 Å². The number of halogens is 1. The Morgan fingerprint density at radius 3 is 2.64 bits per heavy atom. The third-order valence-electron chi connectivity index (χ3n) is 2.85. The number of rotatable bonds is 1. The van der Waals surface area contributed by atoms with Crippen LogP contribution in [-0.4, -0.2) is 30.1 Å². The van der Waals surface area contributed by atoms with Gasteiger partial charge in [0.1, 0.15) is 11.4 Å². The molecule has 3 nitrogen and oxygen atoms in total. The molecule has 1 aliphatic rings. The Morgan fingerprint density at radius 1 is 1.50 bits per heavy atom. The first-order chi connectivity index (χ1) is 6.62. The first-order valence-corrected chi connectivity index (χ1v) is 5.55. The third kappa shape index (κ3) is 1.74. The average molecular weight is 260 g/mol. The molecule has 1 aromatic rings. The van der Waals surface area contributed by atoms with Crippen LogP contribution in [0.1, 0.15) is 18.6 Å². The number of hydrogen-bond donors (Lipinski definition) is 1. The molecule has 1 aromatic heterocycles. The molecule has 0 spiro atoms. The molecule has 0 aromatic carbocycles. The van der Waals surface area contributed by atoms with Gasteiger partial charge in [-0.1, -0.05) is 0 Å². The van der Waals surface area contributed by atoms with Gasteiger partial charge in [0.2, 0.25) is 0 Å². The van der Waals surface area contributed by atoms with Crippen molar-refractivity contribution in [1.29, 1.82) is 0 Å². The van der Waals surface area contributed by atoms with Crippen molar-refractivity contribution in [3.05, 3.63) is 22.6 Å². The van der Waals surface area contributed by atoms with E-state index in [1.54, 1.807) is 6.26 Å². The number of likely N-dealkylation sites (tertiary alicyclic amines) is 1. The van der Waals surface area contributed by atoms with E-state index in [1.165, 1.54) is 0 Å².